The van der Waals surface area contributed by atoms with Gasteiger partial charge in [0.1, 0.15) is 11.5 Å². The molecule has 0 fully saturated rings. The highest BCUT2D eigenvalue weighted by molar-refractivity contribution is 6.33. The molecule has 9 heteroatoms. The van der Waals surface area contributed by atoms with E-state index < -0.39 is 18.5 Å². The highest BCUT2D eigenvalue weighted by Gasteiger charge is 2.24. The topological polar surface area (TPSA) is 66.8 Å². The van der Waals surface area contributed by atoms with Gasteiger partial charge in [-0.25, -0.2) is 0 Å². The molecule has 3 rings (SSSR count). The molecule has 31 heavy (non-hydrogen) atoms. The van der Waals surface area contributed by atoms with Crippen LogP contribution in [-0.2, 0) is 4.79 Å². The average molecular weight is 452 g/mol. The minimum Gasteiger partial charge on any atom is -0.495 e. The van der Waals surface area contributed by atoms with Gasteiger partial charge in [-0.15, -0.1) is 0 Å². The first kappa shape index (κ1) is 22.6. The third kappa shape index (κ3) is 4.64. The van der Waals surface area contributed by atoms with Crippen molar-refractivity contribution in [1.82, 2.24) is 4.57 Å². The van der Waals surface area contributed by atoms with Crippen molar-refractivity contribution in [2.45, 2.75) is 33.3 Å². The van der Waals surface area contributed by atoms with Gasteiger partial charge in [-0.05, 0) is 49.7 Å². The third-order valence-electron chi connectivity index (χ3n) is 4.62. The number of alkyl halides is 2. The second-order valence-electron chi connectivity index (χ2n) is 6.69. The fraction of sp³-hybridized carbons (Fsp3) is 0.273. The van der Waals surface area contributed by atoms with Crippen LogP contribution in [0.5, 0.6) is 17.2 Å². The summed E-state index contributed by atoms with van der Waals surface area (Å²) in [7, 11) is 1.45. The average Bonchev–Trinajstić information content (AvgIpc) is 2.97. The van der Waals surface area contributed by atoms with Crippen LogP contribution in [0.2, 0.25) is 5.02 Å². The van der Waals surface area contributed by atoms with Crippen LogP contribution >= 0.6 is 11.6 Å². The van der Waals surface area contributed by atoms with Gasteiger partial charge in [-0.1, -0.05) is 18.5 Å². The van der Waals surface area contributed by atoms with E-state index in [9.17, 15) is 18.4 Å². The summed E-state index contributed by atoms with van der Waals surface area (Å²) in [6, 6.07) is 8.45. The number of fused-ring (bicyclic) bond motifs is 1. The Kier molecular flexibility index (Phi) is 6.80. The number of carbonyl (C=O) groups is 2. The highest BCUT2D eigenvalue weighted by atomic mass is 35.5. The van der Waals surface area contributed by atoms with Crippen LogP contribution < -0.4 is 14.2 Å². The number of aromatic nitrogens is 1. The highest BCUT2D eigenvalue weighted by Crippen LogP contribution is 2.39. The summed E-state index contributed by atoms with van der Waals surface area (Å²) in [5, 5.41) is 0.753. The van der Waals surface area contributed by atoms with E-state index in [1.54, 1.807) is 19.1 Å². The molecule has 0 atom stereocenters. The largest absolute Gasteiger partial charge is 0.495 e. The zero-order chi connectivity index (χ0) is 22.7. The Balaban J connectivity index is 2.12. The summed E-state index contributed by atoms with van der Waals surface area (Å²) in [5.74, 6) is -0.360. The Morgan fingerprint density at radius 1 is 1.16 bits per heavy atom. The van der Waals surface area contributed by atoms with Crippen molar-refractivity contribution < 1.29 is 32.6 Å². The molecule has 6 nitrogen and oxygen atoms in total. The molecule has 0 saturated carbocycles. The van der Waals surface area contributed by atoms with Crippen molar-refractivity contribution in [3.05, 3.63) is 52.7 Å². The molecular formula is C22H20ClF2NO5. The number of hydrogen-bond donors (Lipinski definition) is 0. The number of rotatable bonds is 7. The molecule has 0 saturated heterocycles. The van der Waals surface area contributed by atoms with E-state index in [0.717, 1.165) is 0 Å². The van der Waals surface area contributed by atoms with Gasteiger partial charge in [-0.3, -0.25) is 14.2 Å². The number of methoxy groups -OCH3 is 1. The van der Waals surface area contributed by atoms with E-state index in [1.165, 1.54) is 35.9 Å². The molecule has 0 radical (unpaired) electrons. The van der Waals surface area contributed by atoms with Crippen molar-refractivity contribution in [2.75, 3.05) is 7.11 Å². The summed E-state index contributed by atoms with van der Waals surface area (Å²) < 4.78 is 41.2. The first-order valence-electron chi connectivity index (χ1n) is 9.45. The van der Waals surface area contributed by atoms with Crippen LogP contribution in [0.1, 0.15) is 35.8 Å². The Morgan fingerprint density at radius 2 is 1.84 bits per heavy atom. The van der Waals surface area contributed by atoms with Crippen LogP contribution in [0.25, 0.3) is 10.9 Å². The van der Waals surface area contributed by atoms with Crippen LogP contribution in [0.3, 0.4) is 0 Å². The first-order chi connectivity index (χ1) is 14.8. The second-order valence-corrected chi connectivity index (χ2v) is 7.09. The molecule has 0 amide bonds. The Bertz CT molecular complexity index is 1130. The molecule has 0 bridgehead atoms. The van der Waals surface area contributed by atoms with Crippen molar-refractivity contribution >= 4 is 34.4 Å². The summed E-state index contributed by atoms with van der Waals surface area (Å²) >= 11 is 6.27. The number of benzene rings is 2. The van der Waals surface area contributed by atoms with Crippen molar-refractivity contribution in [3.63, 3.8) is 0 Å². The fourth-order valence-corrected chi connectivity index (χ4v) is 3.45. The molecule has 0 aliphatic rings. The minimum atomic E-state index is -2.96. The van der Waals surface area contributed by atoms with E-state index in [2.05, 4.69) is 4.74 Å². The molecular weight excluding hydrogens is 432 g/mol. The maximum Gasteiger partial charge on any atom is 0.387 e. The molecule has 1 heterocycles. The van der Waals surface area contributed by atoms with E-state index in [4.69, 9.17) is 21.1 Å². The number of ether oxygens (including phenoxy) is 3. The lowest BCUT2D eigenvalue weighted by molar-refractivity contribution is -0.134. The van der Waals surface area contributed by atoms with Gasteiger partial charge in [0.2, 0.25) is 0 Å². The maximum atomic E-state index is 13.3. The third-order valence-corrected chi connectivity index (χ3v) is 4.91. The first-order valence-corrected chi connectivity index (χ1v) is 9.83. The number of carbonyl (C=O) groups excluding carboxylic acids is 2. The van der Waals surface area contributed by atoms with E-state index in [-0.39, 0.29) is 28.5 Å². The molecule has 0 aliphatic heterocycles. The second kappa shape index (κ2) is 9.34. The van der Waals surface area contributed by atoms with Crippen LogP contribution in [0.15, 0.2) is 36.4 Å². The molecule has 1 aromatic heterocycles. The molecule has 3 aromatic rings. The molecule has 0 spiro atoms. The number of hydrogen-bond acceptors (Lipinski definition) is 5. The lowest BCUT2D eigenvalue weighted by atomic mass is 10.2. The number of halogens is 3. The van der Waals surface area contributed by atoms with Gasteiger partial charge >= 0.3 is 12.6 Å². The zero-order valence-electron chi connectivity index (χ0n) is 17.1. The van der Waals surface area contributed by atoms with Gasteiger partial charge in [0, 0.05) is 17.4 Å². The lowest BCUT2D eigenvalue weighted by Gasteiger charge is -2.09. The number of nitrogens with zero attached hydrogens (tertiary/aromatic N) is 1. The smallest absolute Gasteiger partial charge is 0.387 e. The molecule has 0 N–H and O–H groups in total. The monoisotopic (exact) mass is 451 g/mol. The molecule has 0 aliphatic carbocycles. The van der Waals surface area contributed by atoms with Crippen molar-refractivity contribution in [3.8, 4) is 17.2 Å². The summed E-state index contributed by atoms with van der Waals surface area (Å²) in [4.78, 5) is 25.4. The predicted octanol–water partition coefficient (Wildman–Crippen LogP) is 5.61. The quantitative estimate of drug-likeness (QED) is 0.437. The zero-order valence-corrected chi connectivity index (χ0v) is 17.8. The summed E-state index contributed by atoms with van der Waals surface area (Å²) in [5.41, 5.74) is 1.03. The van der Waals surface area contributed by atoms with Gasteiger partial charge in [0.05, 0.1) is 23.3 Å². The van der Waals surface area contributed by atoms with Crippen molar-refractivity contribution in [2.24, 2.45) is 0 Å². The fourth-order valence-electron chi connectivity index (χ4n) is 3.21. The summed E-state index contributed by atoms with van der Waals surface area (Å²) in [6.07, 6.45) is 0.827. The SMILES string of the molecule is CCCC(=O)Oc1c(C)n(C(=O)c2ccc(OC(F)F)cc2)c2cc(Cl)c(OC)cc12. The van der Waals surface area contributed by atoms with Crippen LogP contribution in [0.4, 0.5) is 8.78 Å². The molecule has 164 valence electrons. The normalized spacial score (nSPS) is 11.1. The van der Waals surface area contributed by atoms with Gasteiger partial charge in [-0.2, -0.15) is 8.78 Å². The Labute approximate surface area is 182 Å². The van der Waals surface area contributed by atoms with Crippen molar-refractivity contribution in [1.29, 1.82) is 0 Å². The predicted molar refractivity (Wildman–Crippen MR) is 112 cm³/mol. The summed E-state index contributed by atoms with van der Waals surface area (Å²) in [6.45, 7) is 0.529. The number of esters is 1. The Morgan fingerprint density at radius 3 is 2.42 bits per heavy atom. The van der Waals surface area contributed by atoms with Crippen LogP contribution in [0, 0.1) is 6.92 Å². The van der Waals surface area contributed by atoms with Crippen LogP contribution in [-0.4, -0.2) is 30.2 Å². The maximum absolute atomic E-state index is 13.3. The molecule has 2 aromatic carbocycles. The minimum absolute atomic E-state index is 0.0670. The Hall–Kier alpha value is -3.13. The van der Waals surface area contributed by atoms with Gasteiger partial charge in [0.25, 0.3) is 5.91 Å². The van der Waals surface area contributed by atoms with E-state index in [1.807, 2.05) is 6.92 Å². The lowest BCUT2D eigenvalue weighted by Crippen LogP contribution is -2.14. The van der Waals surface area contributed by atoms with Gasteiger partial charge in [0.15, 0.2) is 5.75 Å². The van der Waals surface area contributed by atoms with Gasteiger partial charge < -0.3 is 14.2 Å². The molecule has 0 unspecified atom stereocenters. The standard InChI is InChI=1S/C22H20ClF2NO5/c1-4-5-19(27)31-20-12(2)26(17-11-16(23)18(29-3)10-15(17)20)21(28)13-6-8-14(9-7-13)30-22(24)25/h6-11,22H,4-5H2,1-3H3. The van der Waals surface area contributed by atoms with E-state index >= 15 is 0 Å². The van der Waals surface area contributed by atoms with E-state index in [0.29, 0.717) is 28.8 Å².